The molecule has 0 aromatic rings. The number of hydrogen-bond donors (Lipinski definition) is 1. The van der Waals surface area contributed by atoms with Crippen LogP contribution in [0, 0.1) is 0 Å². The number of hydrogen-bond acceptors (Lipinski definition) is 3. The van der Waals surface area contributed by atoms with Crippen molar-refractivity contribution in [2.45, 2.75) is 57.5 Å². The predicted octanol–water partition coefficient (Wildman–Crippen LogP) is 1.73. The summed E-state index contributed by atoms with van der Waals surface area (Å²) in [4.78, 5) is 6.80. The highest BCUT2D eigenvalue weighted by molar-refractivity contribution is 5.81. The van der Waals surface area contributed by atoms with Crippen LogP contribution in [0.25, 0.3) is 0 Å². The minimum absolute atomic E-state index is 0.194. The molecule has 0 amide bonds. The molecule has 1 aliphatic carbocycles. The second-order valence-corrected chi connectivity index (χ2v) is 4.83. The Labute approximate surface area is 86.4 Å². The molecule has 1 heterocycles. The summed E-state index contributed by atoms with van der Waals surface area (Å²) < 4.78 is 0. The summed E-state index contributed by atoms with van der Waals surface area (Å²) in [5.74, 6) is 0.779. The highest BCUT2D eigenvalue weighted by Crippen LogP contribution is 2.33. The number of nitrogens with zero attached hydrogens (tertiary/aromatic N) is 2. The van der Waals surface area contributed by atoms with Crippen molar-refractivity contribution in [3.05, 3.63) is 0 Å². The monoisotopic (exact) mass is 195 g/mol. The molecule has 1 fully saturated rings. The SMILES string of the molecule is CCC1(C)CN=C(N)N1C1CCCC1. The van der Waals surface area contributed by atoms with Crippen molar-refractivity contribution in [3.63, 3.8) is 0 Å². The van der Waals surface area contributed by atoms with Gasteiger partial charge in [-0.1, -0.05) is 19.8 Å². The molecule has 2 rings (SSSR count). The van der Waals surface area contributed by atoms with Gasteiger partial charge in [0.1, 0.15) is 0 Å². The third kappa shape index (κ3) is 1.39. The molecule has 3 heteroatoms. The number of guanidine groups is 1. The molecule has 1 aliphatic heterocycles. The van der Waals surface area contributed by atoms with E-state index in [-0.39, 0.29) is 5.54 Å². The van der Waals surface area contributed by atoms with Crippen LogP contribution in [0.15, 0.2) is 4.99 Å². The van der Waals surface area contributed by atoms with Gasteiger partial charge in [0, 0.05) is 6.04 Å². The lowest BCUT2D eigenvalue weighted by Gasteiger charge is -2.40. The third-order valence-corrected chi connectivity index (χ3v) is 3.86. The van der Waals surface area contributed by atoms with Gasteiger partial charge in [0.05, 0.1) is 12.1 Å². The summed E-state index contributed by atoms with van der Waals surface area (Å²) in [6.07, 6.45) is 6.44. The molecule has 0 spiro atoms. The van der Waals surface area contributed by atoms with Gasteiger partial charge in [0.25, 0.3) is 0 Å². The molecule has 0 aromatic heterocycles. The average molecular weight is 195 g/mol. The first-order valence-electron chi connectivity index (χ1n) is 5.76. The zero-order valence-corrected chi connectivity index (χ0v) is 9.29. The number of aliphatic imine (C=N–C) groups is 1. The van der Waals surface area contributed by atoms with Gasteiger partial charge in [-0.25, -0.2) is 0 Å². The van der Waals surface area contributed by atoms with Crippen molar-refractivity contribution < 1.29 is 0 Å². The Morgan fingerprint density at radius 2 is 2.14 bits per heavy atom. The number of rotatable bonds is 2. The normalized spacial score (nSPS) is 33.9. The van der Waals surface area contributed by atoms with Crippen LogP contribution in [0.5, 0.6) is 0 Å². The molecule has 0 aromatic carbocycles. The highest BCUT2D eigenvalue weighted by Gasteiger charge is 2.41. The van der Waals surface area contributed by atoms with Gasteiger partial charge in [-0.2, -0.15) is 0 Å². The van der Waals surface area contributed by atoms with Gasteiger partial charge >= 0.3 is 0 Å². The average Bonchev–Trinajstić information content (AvgIpc) is 2.75. The largest absolute Gasteiger partial charge is 0.370 e. The predicted molar refractivity (Wildman–Crippen MR) is 59.3 cm³/mol. The molecule has 0 radical (unpaired) electrons. The fraction of sp³-hybridized carbons (Fsp3) is 0.909. The molecule has 0 saturated heterocycles. The molecule has 1 saturated carbocycles. The third-order valence-electron chi connectivity index (χ3n) is 3.86. The summed E-state index contributed by atoms with van der Waals surface area (Å²) in [6.45, 7) is 5.40. The van der Waals surface area contributed by atoms with Gasteiger partial charge in [0.15, 0.2) is 5.96 Å². The van der Waals surface area contributed by atoms with Crippen molar-refractivity contribution in [1.82, 2.24) is 4.90 Å². The summed E-state index contributed by atoms with van der Waals surface area (Å²) in [5, 5.41) is 0. The van der Waals surface area contributed by atoms with E-state index in [0.29, 0.717) is 6.04 Å². The van der Waals surface area contributed by atoms with Crippen LogP contribution in [-0.4, -0.2) is 29.0 Å². The molecule has 1 atom stereocenters. The molecular weight excluding hydrogens is 174 g/mol. The van der Waals surface area contributed by atoms with Crippen LogP contribution in [0.2, 0.25) is 0 Å². The molecule has 14 heavy (non-hydrogen) atoms. The zero-order valence-electron chi connectivity index (χ0n) is 9.29. The van der Waals surface area contributed by atoms with Crippen molar-refractivity contribution in [2.24, 2.45) is 10.7 Å². The van der Waals surface area contributed by atoms with Crippen LogP contribution in [0.3, 0.4) is 0 Å². The smallest absolute Gasteiger partial charge is 0.192 e. The van der Waals surface area contributed by atoms with E-state index in [1.54, 1.807) is 0 Å². The van der Waals surface area contributed by atoms with Crippen LogP contribution >= 0.6 is 0 Å². The Kier molecular flexibility index (Phi) is 2.41. The fourth-order valence-corrected chi connectivity index (χ4v) is 2.75. The van der Waals surface area contributed by atoms with Gasteiger partial charge < -0.3 is 10.6 Å². The van der Waals surface area contributed by atoms with E-state index >= 15 is 0 Å². The molecule has 0 bridgehead atoms. The first-order chi connectivity index (χ1) is 6.67. The molecule has 80 valence electrons. The van der Waals surface area contributed by atoms with E-state index in [2.05, 4.69) is 23.7 Å². The minimum atomic E-state index is 0.194. The van der Waals surface area contributed by atoms with Gasteiger partial charge in [0.2, 0.25) is 0 Å². The molecule has 2 aliphatic rings. The lowest BCUT2D eigenvalue weighted by atomic mass is 9.95. The van der Waals surface area contributed by atoms with Crippen molar-refractivity contribution in [1.29, 1.82) is 0 Å². The maximum Gasteiger partial charge on any atom is 0.192 e. The zero-order chi connectivity index (χ0) is 10.2. The van der Waals surface area contributed by atoms with E-state index in [4.69, 9.17) is 5.73 Å². The molecular formula is C11H21N3. The van der Waals surface area contributed by atoms with Gasteiger partial charge in [-0.15, -0.1) is 0 Å². The first-order valence-corrected chi connectivity index (χ1v) is 5.76. The van der Waals surface area contributed by atoms with Crippen molar-refractivity contribution in [2.75, 3.05) is 6.54 Å². The van der Waals surface area contributed by atoms with E-state index in [0.717, 1.165) is 18.9 Å². The second-order valence-electron chi connectivity index (χ2n) is 4.83. The quantitative estimate of drug-likeness (QED) is 0.729. The van der Waals surface area contributed by atoms with E-state index in [1.165, 1.54) is 25.7 Å². The Hall–Kier alpha value is -0.730. The van der Waals surface area contributed by atoms with Crippen LogP contribution in [0.4, 0.5) is 0 Å². The topological polar surface area (TPSA) is 41.6 Å². The number of nitrogens with two attached hydrogens (primary N) is 1. The maximum absolute atomic E-state index is 5.99. The Balaban J connectivity index is 2.16. The lowest BCUT2D eigenvalue weighted by molar-refractivity contribution is 0.161. The first kappa shape index (κ1) is 9.81. The summed E-state index contributed by atoms with van der Waals surface area (Å²) >= 11 is 0. The van der Waals surface area contributed by atoms with E-state index in [9.17, 15) is 0 Å². The standard InChI is InChI=1S/C11H21N3/c1-3-11(2)8-13-10(12)14(11)9-6-4-5-7-9/h9H,3-8H2,1-2H3,(H2,12,13). The Bertz CT molecular complexity index is 243. The van der Waals surface area contributed by atoms with E-state index < -0.39 is 0 Å². The van der Waals surface area contributed by atoms with Crippen molar-refractivity contribution in [3.8, 4) is 0 Å². The Morgan fingerprint density at radius 1 is 1.50 bits per heavy atom. The molecule has 3 nitrogen and oxygen atoms in total. The van der Waals surface area contributed by atoms with Gasteiger partial charge in [-0.05, 0) is 26.2 Å². The van der Waals surface area contributed by atoms with Crippen molar-refractivity contribution >= 4 is 5.96 Å². The maximum atomic E-state index is 5.99. The lowest BCUT2D eigenvalue weighted by Crippen LogP contribution is -2.53. The van der Waals surface area contributed by atoms with Crippen LogP contribution < -0.4 is 5.73 Å². The highest BCUT2D eigenvalue weighted by atomic mass is 15.4. The van der Waals surface area contributed by atoms with Gasteiger partial charge in [-0.3, -0.25) is 4.99 Å². The van der Waals surface area contributed by atoms with Crippen LogP contribution in [-0.2, 0) is 0 Å². The molecule has 2 N–H and O–H groups in total. The van der Waals surface area contributed by atoms with Crippen LogP contribution in [0.1, 0.15) is 46.0 Å². The Morgan fingerprint density at radius 3 is 2.71 bits per heavy atom. The minimum Gasteiger partial charge on any atom is -0.370 e. The summed E-state index contributed by atoms with van der Waals surface area (Å²) in [7, 11) is 0. The molecule has 1 unspecified atom stereocenters. The second kappa shape index (κ2) is 3.44. The summed E-state index contributed by atoms with van der Waals surface area (Å²) in [6, 6.07) is 0.659. The van der Waals surface area contributed by atoms with E-state index in [1.807, 2.05) is 0 Å². The summed E-state index contributed by atoms with van der Waals surface area (Å²) in [5.41, 5.74) is 6.18. The fourth-order valence-electron chi connectivity index (χ4n) is 2.75.